The fraction of sp³-hybridized carbons (Fsp3) is 0.463. The minimum Gasteiger partial charge on any atom is -0.545 e. The van der Waals surface area contributed by atoms with Crippen molar-refractivity contribution in [1.82, 2.24) is 30.7 Å². The predicted octanol–water partition coefficient (Wildman–Crippen LogP) is 7.96. The summed E-state index contributed by atoms with van der Waals surface area (Å²) in [5.41, 5.74) is 5.82. The standard InChI is InChI=1S/C67H79Cl2F2N9O9SSi/c1-42-43(2)90-64-59(42)61(45-12-15-47(69)16-13-45)75-55(62-77-76-44(3)80(62)64)37-58(81)72-23-9-11-27-87-31-33-89-29-25-74-66(85)67(71)40-79(41-67)50-18-21-53-57(36-50)91(4,5)56-35-49(78-38-48(70)39-78)17-20-52(56)60(53)54-34-46(14-19-51(54)65(83)84)63(82)73-24-28-88-32-30-86-26-10-7-6-8-22-68/h12-21,34-36,48,55H,6-11,22-33,37-41H2,1-5H3,(H3-,72,73,74,81,82,83,84,85)/t55-/m0/s1. The first-order valence-electron chi connectivity index (χ1n) is 31.3. The lowest BCUT2D eigenvalue weighted by atomic mass is 9.86. The molecule has 0 unspecified atom stereocenters. The monoisotopic (exact) mass is 1320 g/mol. The lowest BCUT2D eigenvalue weighted by Gasteiger charge is -2.41. The van der Waals surface area contributed by atoms with Crippen molar-refractivity contribution in [2.45, 2.75) is 96.7 Å². The molecule has 5 aromatic rings. The molecule has 18 nitrogen and oxygen atoms in total. The van der Waals surface area contributed by atoms with Crippen LogP contribution in [-0.2, 0) is 28.5 Å². The van der Waals surface area contributed by atoms with Crippen molar-refractivity contribution in [3.05, 3.63) is 150 Å². The van der Waals surface area contributed by atoms with Crippen LogP contribution in [0, 0.1) is 20.8 Å². The Morgan fingerprint density at radius 2 is 1.47 bits per heavy atom. The molecule has 0 radical (unpaired) electrons. The van der Waals surface area contributed by atoms with Gasteiger partial charge < -0.3 is 49.7 Å². The van der Waals surface area contributed by atoms with Crippen molar-refractivity contribution >= 4 is 94.2 Å². The second-order valence-corrected chi connectivity index (χ2v) is 30.4. The lowest BCUT2D eigenvalue weighted by molar-refractivity contribution is -0.612. The molecule has 2 aromatic heterocycles. The zero-order valence-corrected chi connectivity index (χ0v) is 55.5. The van der Waals surface area contributed by atoms with E-state index < -0.39 is 43.7 Å². The number of amides is 3. The maximum Gasteiger partial charge on any atom is 0.302 e. The fourth-order valence-electron chi connectivity index (χ4n) is 12.1. The lowest BCUT2D eigenvalue weighted by Crippen LogP contribution is -2.63. The highest BCUT2D eigenvalue weighted by Gasteiger charge is 2.57. The van der Waals surface area contributed by atoms with Gasteiger partial charge in [0.1, 0.15) is 31.1 Å². The topological polar surface area (TPSA) is 214 Å². The SMILES string of the molecule is Cc1sc2c(c1C)C(c1ccc(Cl)cc1)=N[C@@H](CC(=O)NCCCCOCCOCCNC(=O)C1(F)C[N+](=C3C=CC4=C(c5cc(C(=O)NCCOCCOCCCCCCCl)ccc5C(=O)[O-])c5ccc(N6CC(F)C6)cc5[Si](C)(C)C4=C3)C1)c1nnc(C)n1-2. The number of fused-ring (bicyclic) bond motifs is 5. The molecule has 2 fully saturated rings. The number of thiophene rings is 1. The summed E-state index contributed by atoms with van der Waals surface area (Å²) < 4.78 is 57.1. The number of nitrogens with one attached hydrogen (secondary N) is 3. The highest BCUT2D eigenvalue weighted by Crippen LogP contribution is 2.44. The summed E-state index contributed by atoms with van der Waals surface area (Å²) >= 11 is 13.7. The number of hydrogen-bond donors (Lipinski definition) is 3. The van der Waals surface area contributed by atoms with Gasteiger partial charge in [0, 0.05) is 88.7 Å². The Morgan fingerprint density at radius 1 is 0.791 bits per heavy atom. The number of ether oxygens (including phenoxy) is 4. The number of carboxylic acids is 1. The number of halogens is 4. The number of unbranched alkanes of at least 4 members (excludes halogenated alkanes) is 4. The molecule has 2 saturated heterocycles. The highest BCUT2D eigenvalue weighted by atomic mass is 35.5. The third-order valence-electron chi connectivity index (χ3n) is 17.3. The molecule has 1 atom stereocenters. The Bertz CT molecular complexity index is 3680. The van der Waals surface area contributed by atoms with Gasteiger partial charge in [0.05, 0.1) is 70.8 Å². The van der Waals surface area contributed by atoms with Crippen LogP contribution in [0.4, 0.5) is 14.5 Å². The minimum absolute atomic E-state index is 0.0910. The molecular formula is C67H79Cl2F2N9O9SSi. The van der Waals surface area contributed by atoms with Crippen molar-refractivity contribution in [3.8, 4) is 5.00 Å². The highest BCUT2D eigenvalue weighted by molar-refractivity contribution is 7.15. The second kappa shape index (κ2) is 30.3. The summed E-state index contributed by atoms with van der Waals surface area (Å²) in [7, 11) is -2.67. The van der Waals surface area contributed by atoms with Crippen LogP contribution in [0.2, 0.25) is 18.1 Å². The molecule has 1 aliphatic carbocycles. The normalized spacial score (nSPS) is 18.1. The molecule has 0 saturated carbocycles. The minimum atomic E-state index is -2.67. The van der Waals surface area contributed by atoms with Crippen molar-refractivity contribution in [2.75, 3.05) is 109 Å². The average molecular weight is 1320 g/mol. The molecule has 4 aliphatic heterocycles. The number of carbonyl (C=O) groups is 4. The van der Waals surface area contributed by atoms with Gasteiger partial charge in [-0.3, -0.25) is 23.9 Å². The van der Waals surface area contributed by atoms with E-state index in [0.29, 0.717) is 86.0 Å². The zero-order chi connectivity index (χ0) is 64.4. The van der Waals surface area contributed by atoms with E-state index in [0.717, 1.165) is 91.0 Å². The second-order valence-electron chi connectivity index (χ2n) is 24.1. The number of aromatic nitrogens is 3. The molecule has 3 amide bonds. The van der Waals surface area contributed by atoms with Crippen LogP contribution in [0.5, 0.6) is 0 Å². The van der Waals surface area contributed by atoms with Crippen LogP contribution in [0.3, 0.4) is 0 Å². The Kier molecular flexibility index (Phi) is 22.4. The third-order valence-corrected chi connectivity index (χ3v) is 22.5. The van der Waals surface area contributed by atoms with Gasteiger partial charge in [-0.15, -0.1) is 33.1 Å². The van der Waals surface area contributed by atoms with Gasteiger partial charge in [0.15, 0.2) is 24.6 Å². The number of allylic oxidation sites excluding steroid dienone is 5. The Morgan fingerprint density at radius 3 is 2.16 bits per heavy atom. The number of aryl methyl sites for hydroxylation is 2. The van der Waals surface area contributed by atoms with Gasteiger partial charge in [-0.2, -0.15) is 0 Å². The molecule has 484 valence electrons. The van der Waals surface area contributed by atoms with Crippen molar-refractivity contribution < 1.29 is 56.6 Å². The number of nitrogens with zero attached hydrogens (tertiary/aromatic N) is 6. The number of carboxylic acid groups (broad SMARTS) is 1. The van der Waals surface area contributed by atoms with E-state index >= 15 is 4.39 Å². The summed E-state index contributed by atoms with van der Waals surface area (Å²) in [4.78, 5) is 61.6. The largest absolute Gasteiger partial charge is 0.545 e. The van der Waals surface area contributed by atoms with Crippen LogP contribution in [0.25, 0.3) is 10.6 Å². The van der Waals surface area contributed by atoms with Gasteiger partial charge in [0.2, 0.25) is 5.91 Å². The molecule has 24 heteroatoms. The number of aromatic carboxylic acids is 1. The fourth-order valence-corrected chi connectivity index (χ4v) is 16.7. The average Bonchev–Trinajstić information content (AvgIpc) is 1.11. The molecule has 3 aromatic carbocycles. The van der Waals surface area contributed by atoms with E-state index in [1.54, 1.807) is 17.4 Å². The van der Waals surface area contributed by atoms with Crippen LogP contribution < -0.4 is 31.1 Å². The van der Waals surface area contributed by atoms with Gasteiger partial charge in [-0.05, 0) is 127 Å². The Hall–Kier alpha value is -6.76. The van der Waals surface area contributed by atoms with Crippen LogP contribution in [0.15, 0.2) is 94.7 Å². The molecular weight excluding hydrogens is 1240 g/mol. The number of anilines is 1. The molecule has 10 rings (SSSR count). The number of rotatable bonds is 31. The zero-order valence-electron chi connectivity index (χ0n) is 52.2. The Balaban J connectivity index is 0.691. The van der Waals surface area contributed by atoms with Crippen LogP contribution in [0.1, 0.15) is 116 Å². The number of carbonyl (C=O) groups excluding carboxylic acids is 4. The van der Waals surface area contributed by atoms with Crippen molar-refractivity contribution in [2.24, 2.45) is 4.99 Å². The first-order chi connectivity index (χ1) is 43.9. The maximum atomic E-state index is 16.3. The van der Waals surface area contributed by atoms with Crippen LogP contribution >= 0.6 is 34.5 Å². The van der Waals surface area contributed by atoms with Gasteiger partial charge in [-0.25, -0.2) is 13.4 Å². The maximum absolute atomic E-state index is 16.3. The summed E-state index contributed by atoms with van der Waals surface area (Å²) in [6.07, 6.45) is 10.4. The number of hydrogen-bond acceptors (Lipinski definition) is 14. The van der Waals surface area contributed by atoms with E-state index in [9.17, 15) is 28.7 Å². The van der Waals surface area contributed by atoms with Gasteiger partial charge in [0.25, 0.3) is 11.8 Å². The molecule has 6 heterocycles. The first-order valence-corrected chi connectivity index (χ1v) is 36.0. The third kappa shape index (κ3) is 15.5. The molecule has 0 spiro atoms. The van der Waals surface area contributed by atoms with E-state index in [-0.39, 0.29) is 82.5 Å². The summed E-state index contributed by atoms with van der Waals surface area (Å²) in [6, 6.07) is 17.4. The van der Waals surface area contributed by atoms with Gasteiger partial charge in [-0.1, -0.05) is 61.8 Å². The molecule has 91 heavy (non-hydrogen) atoms. The predicted molar refractivity (Wildman–Crippen MR) is 351 cm³/mol. The quantitative estimate of drug-likeness (QED) is 0.0167. The first kappa shape index (κ1) is 67.1. The molecule has 0 bridgehead atoms. The van der Waals surface area contributed by atoms with E-state index in [1.807, 2.05) is 75.6 Å². The van der Waals surface area contributed by atoms with E-state index in [1.165, 1.54) is 12.1 Å². The number of benzene rings is 3. The van der Waals surface area contributed by atoms with E-state index in [2.05, 4.69) is 59.2 Å². The number of aliphatic imine (C=N–C) groups is 1. The summed E-state index contributed by atoms with van der Waals surface area (Å²) in [6.45, 7) is 14.3. The smallest absolute Gasteiger partial charge is 0.302 e. The molecule has 3 N–H and O–H groups in total. The number of alkyl halides is 3. The molecule has 5 aliphatic rings. The Labute approximate surface area is 544 Å². The van der Waals surface area contributed by atoms with E-state index in [4.69, 9.17) is 47.1 Å². The van der Waals surface area contributed by atoms with Crippen molar-refractivity contribution in [1.29, 1.82) is 0 Å². The van der Waals surface area contributed by atoms with Gasteiger partial charge >= 0.3 is 5.67 Å². The summed E-state index contributed by atoms with van der Waals surface area (Å²) in [5, 5.41) is 34.0. The summed E-state index contributed by atoms with van der Waals surface area (Å²) in [5.74, 6) is -0.704. The van der Waals surface area contributed by atoms with Crippen molar-refractivity contribution in [3.63, 3.8) is 0 Å². The van der Waals surface area contributed by atoms with Crippen LogP contribution in [-0.4, -0.2) is 179 Å².